The molecule has 1 N–H and O–H groups in total. The van der Waals surface area contributed by atoms with E-state index in [1.807, 2.05) is 0 Å². The van der Waals surface area contributed by atoms with Crippen LogP contribution in [-0.4, -0.2) is 29.3 Å². The zero-order valence-electron chi connectivity index (χ0n) is 20.5. The van der Waals surface area contributed by atoms with Crippen molar-refractivity contribution in [2.24, 2.45) is 40.4 Å². The van der Waals surface area contributed by atoms with Crippen molar-refractivity contribution in [3.8, 4) is 0 Å². The molecule has 0 saturated heterocycles. The number of fused-ring (bicyclic) bond motifs is 5. The fourth-order valence-corrected chi connectivity index (χ4v) is 8.56. The van der Waals surface area contributed by atoms with Crippen LogP contribution in [0.3, 0.4) is 0 Å². The summed E-state index contributed by atoms with van der Waals surface area (Å²) in [6, 6.07) is 0. The zero-order chi connectivity index (χ0) is 23.7. The normalized spacial score (nSPS) is 44.1. The monoisotopic (exact) mass is 526 g/mol. The summed E-state index contributed by atoms with van der Waals surface area (Å²) in [4.78, 5) is 34.3. The molecule has 0 unspecified atom stereocenters. The van der Waals surface area contributed by atoms with Gasteiger partial charge in [0.1, 0.15) is 6.61 Å². The maximum Gasteiger partial charge on any atom is 1.00 e. The summed E-state index contributed by atoms with van der Waals surface area (Å²) in [5.41, 5.74) is -3.17. The second-order valence-corrected chi connectivity index (χ2v) is 12.4. The third-order valence-corrected chi connectivity index (χ3v) is 10.5. The molecule has 0 radical (unpaired) electrons. The van der Waals surface area contributed by atoms with Gasteiger partial charge in [0.15, 0.2) is 11.4 Å². The fraction of sp³-hybridized carbons (Fsp3) is 0.955. The minimum atomic E-state index is -5.21. The fourth-order valence-electron chi connectivity index (χ4n) is 8.28. The van der Waals surface area contributed by atoms with Gasteiger partial charge < -0.3 is 24.0 Å². The number of halogens is 3. The number of phosphoric ester groups is 1. The number of phosphoric acid groups is 1. The molecule has 8 atom stereocenters. The molecule has 0 spiro atoms. The first kappa shape index (κ1) is 31.7. The van der Waals surface area contributed by atoms with Gasteiger partial charge in [0.25, 0.3) is 0 Å². The van der Waals surface area contributed by atoms with Crippen molar-refractivity contribution in [3.05, 3.63) is 0 Å². The minimum Gasteiger partial charge on any atom is -0.790 e. The van der Waals surface area contributed by atoms with E-state index in [-0.39, 0.29) is 112 Å². The van der Waals surface area contributed by atoms with Crippen molar-refractivity contribution in [1.29, 1.82) is 0 Å². The molecule has 184 valence electrons. The predicted octanol–water partition coefficient (Wildman–Crippen LogP) is -2.64. The van der Waals surface area contributed by atoms with Crippen molar-refractivity contribution in [3.63, 3.8) is 0 Å². The maximum atomic E-state index is 13.5. The summed E-state index contributed by atoms with van der Waals surface area (Å²) < 4.78 is 55.5. The van der Waals surface area contributed by atoms with Crippen LogP contribution < -0.4 is 68.9 Å². The number of hydrogen-bond acceptors (Lipinski definition) is 6. The van der Waals surface area contributed by atoms with Gasteiger partial charge in [0.05, 0.1) is 7.82 Å². The molecule has 0 aromatic heterocycles. The van der Waals surface area contributed by atoms with Crippen molar-refractivity contribution < 1.29 is 101 Å². The Kier molecular flexibility index (Phi) is 9.89. The standard InChI is InChI=1S/C22H34F3O6P.2Na/c1-19-9-10-21(27,22(23,24)25)11-13(19)3-4-14-15-5-6-17(18(26)12-31-32(28,29)30)20(15,2)8-7-16(14)19;;/h13-17,27H,3-12H2,1-2H3,(H2,28,29,30);;/q;2*+1/p-2/t13-,14+,15+,16+,17-,19+,20+,21-;;/m1../s1. The number of carbonyl (C=O) groups is 1. The van der Waals surface area contributed by atoms with Gasteiger partial charge in [-0.2, -0.15) is 13.2 Å². The Morgan fingerprint density at radius 3 is 2.21 bits per heavy atom. The average Bonchev–Trinajstić information content (AvgIpc) is 3.02. The Hall–Kier alpha value is 1.53. The molecule has 4 aliphatic carbocycles. The first-order valence-electron chi connectivity index (χ1n) is 11.6. The number of rotatable bonds is 4. The van der Waals surface area contributed by atoms with Crippen LogP contribution in [0.25, 0.3) is 0 Å². The molecule has 6 nitrogen and oxygen atoms in total. The zero-order valence-corrected chi connectivity index (χ0v) is 25.4. The van der Waals surface area contributed by atoms with Crippen molar-refractivity contribution >= 4 is 13.6 Å². The smallest absolute Gasteiger partial charge is 0.790 e. The van der Waals surface area contributed by atoms with Crippen LogP contribution in [0, 0.1) is 40.4 Å². The van der Waals surface area contributed by atoms with E-state index in [1.165, 1.54) is 0 Å². The van der Waals surface area contributed by atoms with Crippen LogP contribution >= 0.6 is 7.82 Å². The molecule has 4 aliphatic rings. The molecule has 0 aliphatic heterocycles. The third kappa shape index (κ3) is 5.47. The summed E-state index contributed by atoms with van der Waals surface area (Å²) in [6.45, 7) is 3.44. The van der Waals surface area contributed by atoms with Gasteiger partial charge in [-0.25, -0.2) is 0 Å². The van der Waals surface area contributed by atoms with E-state index in [4.69, 9.17) is 0 Å². The number of ketones is 1. The van der Waals surface area contributed by atoms with Crippen LogP contribution in [0.1, 0.15) is 71.6 Å². The van der Waals surface area contributed by atoms with E-state index < -0.39 is 26.2 Å². The Morgan fingerprint density at radius 1 is 1.00 bits per heavy atom. The Balaban J connectivity index is 0.00000204. The van der Waals surface area contributed by atoms with Crippen molar-refractivity contribution in [2.45, 2.75) is 83.4 Å². The van der Waals surface area contributed by atoms with Crippen LogP contribution in [0.15, 0.2) is 0 Å². The Bertz CT molecular complexity index is 825. The molecule has 0 aromatic carbocycles. The molecular weight excluding hydrogens is 494 g/mol. The van der Waals surface area contributed by atoms with Gasteiger partial charge in [-0.05, 0) is 92.3 Å². The molecule has 0 aromatic rings. The van der Waals surface area contributed by atoms with Crippen LogP contribution in [-0.2, 0) is 13.9 Å². The summed E-state index contributed by atoms with van der Waals surface area (Å²) in [6.07, 6.45) is -0.372. The van der Waals surface area contributed by atoms with E-state index in [2.05, 4.69) is 18.4 Å². The summed E-state index contributed by atoms with van der Waals surface area (Å²) >= 11 is 0. The topological polar surface area (TPSA) is 110 Å². The van der Waals surface area contributed by atoms with Crippen LogP contribution in [0.5, 0.6) is 0 Å². The first-order chi connectivity index (χ1) is 14.6. The second-order valence-electron chi connectivity index (χ2n) is 11.3. The number of alkyl halides is 3. The number of Topliss-reactive ketones (excluding diaryl/α,β-unsaturated/α-hetero) is 1. The maximum absolute atomic E-state index is 13.5. The SMILES string of the molecule is C[C@]12CC[C@](O)(C(F)(F)F)C[C@H]1CC[C@@H]1[C@@H]2CC[C@]2(C)[C@@H](C(=O)COP(=O)([O-])[O-])CC[C@@H]12.[Na+].[Na+]. The van der Waals surface area contributed by atoms with Gasteiger partial charge in [-0.15, -0.1) is 0 Å². The molecule has 4 fully saturated rings. The third-order valence-electron chi connectivity index (χ3n) is 10.0. The molecule has 0 bridgehead atoms. The van der Waals surface area contributed by atoms with Gasteiger partial charge in [0, 0.05) is 5.92 Å². The van der Waals surface area contributed by atoms with E-state index in [0.29, 0.717) is 25.2 Å². The molecule has 0 amide bonds. The summed E-state index contributed by atoms with van der Waals surface area (Å²) in [5, 5.41) is 10.3. The minimum absolute atomic E-state index is 0. The Labute approximate surface area is 243 Å². The average molecular weight is 526 g/mol. The molecule has 34 heavy (non-hydrogen) atoms. The molecule has 0 heterocycles. The van der Waals surface area contributed by atoms with E-state index in [9.17, 15) is 37.4 Å². The summed E-state index contributed by atoms with van der Waals surface area (Å²) in [7, 11) is -5.21. The van der Waals surface area contributed by atoms with Gasteiger partial charge in [-0.3, -0.25) is 4.79 Å². The van der Waals surface area contributed by atoms with Crippen LogP contribution in [0.4, 0.5) is 13.2 Å². The number of carbonyl (C=O) groups excluding carboxylic acids is 1. The molecule has 4 saturated carbocycles. The quantitative estimate of drug-likeness (QED) is 0.317. The number of aliphatic hydroxyl groups is 1. The van der Waals surface area contributed by atoms with E-state index >= 15 is 0 Å². The summed E-state index contributed by atoms with van der Waals surface area (Å²) in [5.74, 6) is -0.103. The number of hydrogen-bond donors (Lipinski definition) is 1. The Morgan fingerprint density at radius 2 is 1.62 bits per heavy atom. The van der Waals surface area contributed by atoms with E-state index in [1.54, 1.807) is 0 Å². The van der Waals surface area contributed by atoms with E-state index in [0.717, 1.165) is 25.7 Å². The second kappa shape index (κ2) is 10.6. The van der Waals surface area contributed by atoms with Gasteiger partial charge in [-0.1, -0.05) is 13.8 Å². The largest absolute Gasteiger partial charge is 1.00 e. The van der Waals surface area contributed by atoms with Crippen LogP contribution in [0.2, 0.25) is 0 Å². The molecule has 4 rings (SSSR count). The van der Waals surface area contributed by atoms with Crippen molar-refractivity contribution in [1.82, 2.24) is 0 Å². The first-order valence-corrected chi connectivity index (χ1v) is 13.1. The van der Waals surface area contributed by atoms with Gasteiger partial charge in [0.2, 0.25) is 0 Å². The predicted molar refractivity (Wildman–Crippen MR) is 105 cm³/mol. The van der Waals surface area contributed by atoms with Crippen molar-refractivity contribution in [2.75, 3.05) is 6.61 Å². The molecular formula is C22H32F3Na2O6P. The van der Waals surface area contributed by atoms with Gasteiger partial charge >= 0.3 is 65.3 Å². The molecule has 12 heteroatoms.